The number of nitrogens with zero attached hydrogens (tertiary/aromatic N) is 1. The van der Waals surface area contributed by atoms with E-state index in [1.54, 1.807) is 7.11 Å². The van der Waals surface area contributed by atoms with Gasteiger partial charge in [0, 0.05) is 19.4 Å². The predicted molar refractivity (Wildman–Crippen MR) is 45.5 cm³/mol. The van der Waals surface area contributed by atoms with E-state index in [4.69, 9.17) is 9.94 Å². The highest BCUT2D eigenvalue weighted by Crippen LogP contribution is 2.44. The highest BCUT2D eigenvalue weighted by atomic mass is 16.5. The first-order chi connectivity index (χ1) is 5.79. The zero-order valence-corrected chi connectivity index (χ0v) is 7.42. The minimum absolute atomic E-state index is 0.0102. The number of fused-ring (bicyclic) bond motifs is 3. The van der Waals surface area contributed by atoms with E-state index < -0.39 is 0 Å². The highest BCUT2D eigenvalue weighted by Gasteiger charge is 2.44. The predicted octanol–water partition coefficient (Wildman–Crippen LogP) is 1.80. The summed E-state index contributed by atoms with van der Waals surface area (Å²) in [6, 6.07) is 0. The van der Waals surface area contributed by atoms with Crippen molar-refractivity contribution in [3.63, 3.8) is 0 Å². The van der Waals surface area contributed by atoms with E-state index in [0.717, 1.165) is 37.8 Å². The number of rotatable bonds is 1. The van der Waals surface area contributed by atoms with E-state index in [2.05, 4.69) is 5.16 Å². The number of ether oxygens (including phenoxy) is 1. The first-order valence-electron chi connectivity index (χ1n) is 4.56. The van der Waals surface area contributed by atoms with Crippen LogP contribution in [0.25, 0.3) is 0 Å². The molecule has 0 atom stereocenters. The third-order valence-corrected chi connectivity index (χ3v) is 3.43. The Bertz CT molecular complexity index is 205. The van der Waals surface area contributed by atoms with Gasteiger partial charge in [0.15, 0.2) is 0 Å². The Morgan fingerprint density at radius 1 is 1.50 bits per heavy atom. The van der Waals surface area contributed by atoms with Crippen LogP contribution in [0.3, 0.4) is 0 Å². The van der Waals surface area contributed by atoms with E-state index in [0.29, 0.717) is 5.92 Å². The number of hydrogen-bond acceptors (Lipinski definition) is 3. The minimum Gasteiger partial charge on any atom is -0.411 e. The molecule has 3 aliphatic carbocycles. The second kappa shape index (κ2) is 2.73. The summed E-state index contributed by atoms with van der Waals surface area (Å²) in [5.41, 5.74) is 0.963. The fraction of sp³-hybridized carbons (Fsp3) is 0.889. The lowest BCUT2D eigenvalue weighted by atomic mass is 9.66. The van der Waals surface area contributed by atoms with Crippen molar-refractivity contribution in [1.29, 1.82) is 0 Å². The van der Waals surface area contributed by atoms with E-state index in [1.165, 1.54) is 0 Å². The van der Waals surface area contributed by atoms with Gasteiger partial charge >= 0.3 is 0 Å². The molecule has 0 amide bonds. The largest absolute Gasteiger partial charge is 0.411 e. The molecule has 3 rings (SSSR count). The van der Waals surface area contributed by atoms with Gasteiger partial charge in [0.25, 0.3) is 0 Å². The average Bonchev–Trinajstić information content (AvgIpc) is 2.19. The van der Waals surface area contributed by atoms with Crippen LogP contribution in [0.5, 0.6) is 0 Å². The van der Waals surface area contributed by atoms with Crippen molar-refractivity contribution in [3.05, 3.63) is 0 Å². The van der Waals surface area contributed by atoms with E-state index in [9.17, 15) is 0 Å². The Balaban J connectivity index is 2.20. The number of oxime groups is 1. The molecule has 3 heteroatoms. The van der Waals surface area contributed by atoms with Crippen molar-refractivity contribution in [2.45, 2.75) is 37.7 Å². The monoisotopic (exact) mass is 169 g/mol. The highest BCUT2D eigenvalue weighted by molar-refractivity contribution is 5.88. The smallest absolute Gasteiger partial charge is 0.0732 e. The maximum absolute atomic E-state index is 8.76. The summed E-state index contributed by atoms with van der Waals surface area (Å²) in [4.78, 5) is 0. The van der Waals surface area contributed by atoms with E-state index >= 15 is 0 Å². The van der Waals surface area contributed by atoms with Crippen LogP contribution < -0.4 is 0 Å². The summed E-state index contributed by atoms with van der Waals surface area (Å²) in [6.07, 6.45) is 5.37. The van der Waals surface area contributed by atoms with Crippen LogP contribution in [-0.4, -0.2) is 23.6 Å². The first-order valence-corrected chi connectivity index (χ1v) is 4.56. The standard InChI is InChI=1S/C9H15NO2/c1-12-9-4-2-7(3-5-9)8(6-9)10-11/h7,11H,2-6H2,1H3/b10-8+. The average molecular weight is 169 g/mol. The molecule has 12 heavy (non-hydrogen) atoms. The number of hydrogen-bond donors (Lipinski definition) is 1. The summed E-state index contributed by atoms with van der Waals surface area (Å²) in [6.45, 7) is 0. The lowest BCUT2D eigenvalue weighted by Gasteiger charge is -2.45. The number of methoxy groups -OCH3 is 1. The normalized spacial score (nSPS) is 43.8. The topological polar surface area (TPSA) is 41.8 Å². The zero-order chi connectivity index (χ0) is 8.60. The Hall–Kier alpha value is -0.570. The fourth-order valence-corrected chi connectivity index (χ4v) is 2.52. The molecular formula is C9H15NO2. The molecule has 3 saturated carbocycles. The van der Waals surface area contributed by atoms with Crippen LogP contribution in [0.4, 0.5) is 0 Å². The molecule has 0 aromatic heterocycles. The first kappa shape index (κ1) is 8.05. The second-order valence-electron chi connectivity index (χ2n) is 3.93. The van der Waals surface area contributed by atoms with Crippen LogP contribution in [0, 0.1) is 5.92 Å². The van der Waals surface area contributed by atoms with Crippen molar-refractivity contribution in [2.75, 3.05) is 7.11 Å². The molecule has 0 spiro atoms. The molecule has 3 fully saturated rings. The maximum atomic E-state index is 8.76. The lowest BCUT2D eigenvalue weighted by Crippen LogP contribution is -2.46. The van der Waals surface area contributed by atoms with Crippen LogP contribution in [0.2, 0.25) is 0 Å². The Labute approximate surface area is 72.4 Å². The van der Waals surface area contributed by atoms with Gasteiger partial charge < -0.3 is 9.94 Å². The Morgan fingerprint density at radius 2 is 2.17 bits per heavy atom. The molecule has 1 N–H and O–H groups in total. The molecule has 0 unspecified atom stereocenters. The molecule has 68 valence electrons. The van der Waals surface area contributed by atoms with E-state index in [1.807, 2.05) is 0 Å². The zero-order valence-electron chi connectivity index (χ0n) is 7.42. The summed E-state index contributed by atoms with van der Waals surface area (Å²) >= 11 is 0. The van der Waals surface area contributed by atoms with Crippen molar-refractivity contribution < 1.29 is 9.94 Å². The fourth-order valence-electron chi connectivity index (χ4n) is 2.52. The van der Waals surface area contributed by atoms with Crippen molar-refractivity contribution in [1.82, 2.24) is 0 Å². The molecule has 0 radical (unpaired) electrons. The third-order valence-electron chi connectivity index (χ3n) is 3.43. The molecule has 0 aromatic carbocycles. The van der Waals surface area contributed by atoms with Crippen LogP contribution >= 0.6 is 0 Å². The molecular weight excluding hydrogens is 154 g/mol. The van der Waals surface area contributed by atoms with Crippen molar-refractivity contribution in [2.24, 2.45) is 11.1 Å². The van der Waals surface area contributed by atoms with Crippen LogP contribution in [0.1, 0.15) is 32.1 Å². The van der Waals surface area contributed by atoms with Gasteiger partial charge in [-0.3, -0.25) is 0 Å². The molecule has 0 aliphatic heterocycles. The van der Waals surface area contributed by atoms with Gasteiger partial charge in [-0.25, -0.2) is 0 Å². The van der Waals surface area contributed by atoms with Gasteiger partial charge in [-0.15, -0.1) is 0 Å². The molecule has 3 aliphatic rings. The SMILES string of the molecule is COC12CCC(CC1)/C(=N/O)C2. The summed E-state index contributed by atoms with van der Waals surface area (Å²) in [5.74, 6) is 0.534. The lowest BCUT2D eigenvalue weighted by molar-refractivity contribution is -0.0518. The summed E-state index contributed by atoms with van der Waals surface area (Å²) in [5, 5.41) is 12.1. The Morgan fingerprint density at radius 3 is 2.67 bits per heavy atom. The minimum atomic E-state index is 0.0102. The maximum Gasteiger partial charge on any atom is 0.0732 e. The van der Waals surface area contributed by atoms with Crippen molar-refractivity contribution >= 4 is 5.71 Å². The van der Waals surface area contributed by atoms with Gasteiger partial charge in [0.05, 0.1) is 11.3 Å². The Kier molecular flexibility index (Phi) is 1.83. The summed E-state index contributed by atoms with van der Waals surface area (Å²) < 4.78 is 5.51. The quantitative estimate of drug-likeness (QED) is 0.480. The summed E-state index contributed by atoms with van der Waals surface area (Å²) in [7, 11) is 1.76. The molecule has 3 nitrogen and oxygen atoms in total. The van der Waals surface area contributed by atoms with Crippen LogP contribution in [0.15, 0.2) is 5.16 Å². The van der Waals surface area contributed by atoms with Crippen LogP contribution in [-0.2, 0) is 4.74 Å². The molecule has 0 heterocycles. The van der Waals surface area contributed by atoms with E-state index in [-0.39, 0.29) is 5.60 Å². The van der Waals surface area contributed by atoms with Crippen molar-refractivity contribution in [3.8, 4) is 0 Å². The molecule has 0 aromatic rings. The third kappa shape index (κ3) is 1.04. The van der Waals surface area contributed by atoms with Gasteiger partial charge in [-0.05, 0) is 25.7 Å². The van der Waals surface area contributed by atoms with Gasteiger partial charge in [-0.2, -0.15) is 0 Å². The van der Waals surface area contributed by atoms with Gasteiger partial charge in [0.2, 0.25) is 0 Å². The second-order valence-corrected chi connectivity index (χ2v) is 3.93. The van der Waals surface area contributed by atoms with Gasteiger partial charge in [0.1, 0.15) is 0 Å². The van der Waals surface area contributed by atoms with Gasteiger partial charge in [-0.1, -0.05) is 5.16 Å². The molecule has 2 bridgehead atoms. The molecule has 0 saturated heterocycles.